The Morgan fingerprint density at radius 2 is 1.96 bits per heavy atom. The van der Waals surface area contributed by atoms with Crippen molar-refractivity contribution >= 4 is 17.5 Å². The summed E-state index contributed by atoms with van der Waals surface area (Å²) in [5, 5.41) is 9.25. The third-order valence-electron chi connectivity index (χ3n) is 5.79. The minimum Gasteiger partial charge on any atom is -0.439 e. The number of hydrogen-bond donors (Lipinski definition) is 0. The van der Waals surface area contributed by atoms with Crippen LogP contribution >= 0.6 is 0 Å². The van der Waals surface area contributed by atoms with Crippen LogP contribution in [0.15, 0.2) is 36.5 Å². The molecule has 6 heteroatoms. The average molecular weight is 375 g/mol. The Labute approximate surface area is 163 Å². The van der Waals surface area contributed by atoms with E-state index in [2.05, 4.69) is 11.1 Å². The number of pyridine rings is 1. The molecule has 1 aliphatic heterocycles. The Bertz CT molecular complexity index is 1000. The van der Waals surface area contributed by atoms with Gasteiger partial charge in [0, 0.05) is 6.07 Å². The summed E-state index contributed by atoms with van der Waals surface area (Å²) in [6.07, 6.45) is 3.67. The van der Waals surface area contributed by atoms with Crippen LogP contribution in [0.4, 0.5) is 5.69 Å². The number of carbonyl (C=O) groups excluding carboxylic acids is 2. The molecule has 1 unspecified atom stereocenters. The lowest BCUT2D eigenvalue weighted by atomic mass is 9.82. The Kier molecular flexibility index (Phi) is 4.19. The zero-order chi connectivity index (χ0) is 20.1. The number of carbonyl (C=O) groups is 2. The van der Waals surface area contributed by atoms with Gasteiger partial charge in [0.25, 0.3) is 0 Å². The van der Waals surface area contributed by atoms with Crippen LogP contribution in [-0.4, -0.2) is 16.8 Å². The molecule has 1 saturated carbocycles. The lowest BCUT2D eigenvalue weighted by Gasteiger charge is -2.18. The quantitative estimate of drug-likeness (QED) is 0.749. The first kappa shape index (κ1) is 18.2. The van der Waals surface area contributed by atoms with Gasteiger partial charge in [-0.3, -0.25) is 9.59 Å². The van der Waals surface area contributed by atoms with Gasteiger partial charge in [-0.05, 0) is 48.6 Å². The van der Waals surface area contributed by atoms with E-state index >= 15 is 0 Å². The van der Waals surface area contributed by atoms with E-state index in [1.165, 1.54) is 11.1 Å². The molecule has 1 aromatic carbocycles. The summed E-state index contributed by atoms with van der Waals surface area (Å²) in [5.41, 5.74) is 1.41. The van der Waals surface area contributed by atoms with E-state index in [-0.39, 0.29) is 17.7 Å². The molecular weight excluding hydrogens is 354 g/mol. The number of nitriles is 1. The van der Waals surface area contributed by atoms with Crippen molar-refractivity contribution in [1.29, 1.82) is 5.26 Å². The molecule has 0 radical (unpaired) electrons. The SMILES string of the molecule is CC1C(=O)N(c2ccc(Oc3ccc(C#N)c(C4CC4)c3)nc2)C(=O)C1(C)C. The van der Waals surface area contributed by atoms with Gasteiger partial charge in [-0.15, -0.1) is 0 Å². The van der Waals surface area contributed by atoms with Crippen LogP contribution in [0.1, 0.15) is 50.7 Å². The summed E-state index contributed by atoms with van der Waals surface area (Å²) >= 11 is 0. The van der Waals surface area contributed by atoms with Crippen molar-refractivity contribution in [3.05, 3.63) is 47.7 Å². The molecule has 2 fully saturated rings. The third kappa shape index (κ3) is 2.93. The van der Waals surface area contributed by atoms with E-state index in [0.29, 0.717) is 28.8 Å². The minimum absolute atomic E-state index is 0.216. The van der Waals surface area contributed by atoms with Gasteiger partial charge >= 0.3 is 0 Å². The monoisotopic (exact) mass is 375 g/mol. The second-order valence-electron chi connectivity index (χ2n) is 8.01. The third-order valence-corrected chi connectivity index (χ3v) is 5.79. The van der Waals surface area contributed by atoms with Crippen molar-refractivity contribution in [2.24, 2.45) is 11.3 Å². The van der Waals surface area contributed by atoms with Crippen LogP contribution in [0.5, 0.6) is 11.6 Å². The highest BCUT2D eigenvalue weighted by molar-refractivity contribution is 6.23. The van der Waals surface area contributed by atoms with E-state index in [1.54, 1.807) is 45.0 Å². The smallest absolute Gasteiger partial charge is 0.240 e. The Morgan fingerprint density at radius 1 is 1.21 bits per heavy atom. The molecule has 6 nitrogen and oxygen atoms in total. The number of anilines is 1. The number of benzene rings is 1. The molecule has 1 atom stereocenters. The van der Waals surface area contributed by atoms with Gasteiger partial charge in [-0.25, -0.2) is 9.88 Å². The molecule has 2 amide bonds. The first-order valence-corrected chi connectivity index (χ1v) is 9.39. The van der Waals surface area contributed by atoms with Gasteiger partial charge in [0.05, 0.1) is 34.8 Å². The van der Waals surface area contributed by atoms with Gasteiger partial charge in [0.2, 0.25) is 17.7 Å². The van der Waals surface area contributed by atoms with Crippen LogP contribution in [0.2, 0.25) is 0 Å². The molecule has 2 heterocycles. The maximum Gasteiger partial charge on any atom is 0.240 e. The van der Waals surface area contributed by atoms with Crippen molar-refractivity contribution in [2.45, 2.75) is 39.5 Å². The average Bonchev–Trinajstić information content (AvgIpc) is 3.51. The molecule has 0 bridgehead atoms. The zero-order valence-electron chi connectivity index (χ0n) is 16.1. The zero-order valence-corrected chi connectivity index (χ0v) is 16.1. The molecule has 0 N–H and O–H groups in total. The highest BCUT2D eigenvalue weighted by Crippen LogP contribution is 2.43. The van der Waals surface area contributed by atoms with Crippen LogP contribution in [0.3, 0.4) is 0 Å². The van der Waals surface area contributed by atoms with Crippen molar-refractivity contribution in [2.75, 3.05) is 4.90 Å². The summed E-state index contributed by atoms with van der Waals surface area (Å²) in [4.78, 5) is 30.6. The fourth-order valence-corrected chi connectivity index (χ4v) is 3.44. The lowest BCUT2D eigenvalue weighted by molar-refractivity contribution is -0.125. The van der Waals surface area contributed by atoms with Gasteiger partial charge in [-0.1, -0.05) is 20.8 Å². The van der Waals surface area contributed by atoms with Crippen molar-refractivity contribution in [3.8, 4) is 17.7 Å². The van der Waals surface area contributed by atoms with Gasteiger partial charge in [0.1, 0.15) is 5.75 Å². The molecule has 1 aromatic heterocycles. The highest BCUT2D eigenvalue weighted by atomic mass is 16.5. The van der Waals surface area contributed by atoms with Gasteiger partial charge < -0.3 is 4.74 Å². The number of nitrogens with zero attached hydrogens (tertiary/aromatic N) is 3. The number of amides is 2. The summed E-state index contributed by atoms with van der Waals surface area (Å²) < 4.78 is 5.82. The second-order valence-corrected chi connectivity index (χ2v) is 8.01. The van der Waals surface area contributed by atoms with Crippen LogP contribution in [0, 0.1) is 22.7 Å². The predicted molar refractivity (Wildman–Crippen MR) is 103 cm³/mol. The van der Waals surface area contributed by atoms with Gasteiger partial charge in [0.15, 0.2) is 0 Å². The molecular formula is C22H21N3O3. The Balaban J connectivity index is 1.55. The summed E-state index contributed by atoms with van der Waals surface area (Å²) in [5.74, 6) is 0.598. The summed E-state index contributed by atoms with van der Waals surface area (Å²) in [6, 6.07) is 10.9. The fraction of sp³-hybridized carbons (Fsp3) is 0.364. The number of hydrogen-bond acceptors (Lipinski definition) is 5. The number of ether oxygens (including phenoxy) is 1. The van der Waals surface area contributed by atoms with E-state index < -0.39 is 5.41 Å². The van der Waals surface area contributed by atoms with Crippen molar-refractivity contribution < 1.29 is 14.3 Å². The lowest BCUT2D eigenvalue weighted by Crippen LogP contribution is -2.33. The fourth-order valence-electron chi connectivity index (χ4n) is 3.44. The molecule has 1 aliphatic carbocycles. The van der Waals surface area contributed by atoms with Crippen LogP contribution in [0.25, 0.3) is 0 Å². The van der Waals surface area contributed by atoms with Crippen molar-refractivity contribution in [1.82, 2.24) is 4.98 Å². The first-order valence-electron chi connectivity index (χ1n) is 9.39. The topological polar surface area (TPSA) is 83.3 Å². The predicted octanol–water partition coefficient (Wildman–Crippen LogP) is 4.16. The maximum absolute atomic E-state index is 12.6. The van der Waals surface area contributed by atoms with Crippen molar-refractivity contribution in [3.63, 3.8) is 0 Å². The number of aromatic nitrogens is 1. The molecule has 2 aliphatic rings. The van der Waals surface area contributed by atoms with Gasteiger partial charge in [-0.2, -0.15) is 5.26 Å². The largest absolute Gasteiger partial charge is 0.439 e. The molecule has 4 rings (SSSR count). The maximum atomic E-state index is 12.6. The second kappa shape index (κ2) is 6.45. The van der Waals surface area contributed by atoms with Crippen LogP contribution in [-0.2, 0) is 9.59 Å². The molecule has 0 spiro atoms. The Morgan fingerprint density at radius 3 is 2.50 bits per heavy atom. The Hall–Kier alpha value is -3.20. The molecule has 142 valence electrons. The molecule has 2 aromatic rings. The number of rotatable bonds is 4. The van der Waals surface area contributed by atoms with E-state index in [0.717, 1.165) is 18.4 Å². The summed E-state index contributed by atoms with van der Waals surface area (Å²) in [6.45, 7) is 5.34. The molecule has 28 heavy (non-hydrogen) atoms. The standard InChI is InChI=1S/C22H21N3O3/c1-13-20(26)25(21(27)22(13,2)3)16-7-9-19(24-12-16)28-17-8-6-15(11-23)18(10-17)14-4-5-14/h6-10,12-14H,4-5H2,1-3H3. The summed E-state index contributed by atoms with van der Waals surface area (Å²) in [7, 11) is 0. The van der Waals surface area contributed by atoms with E-state index in [1.807, 2.05) is 6.07 Å². The van der Waals surface area contributed by atoms with E-state index in [9.17, 15) is 14.9 Å². The minimum atomic E-state index is -0.728. The number of imide groups is 1. The van der Waals surface area contributed by atoms with Crippen LogP contribution < -0.4 is 9.64 Å². The first-order chi connectivity index (χ1) is 13.3. The highest BCUT2D eigenvalue weighted by Gasteiger charge is 2.51. The normalized spacial score (nSPS) is 20.9. The molecule has 1 saturated heterocycles. The van der Waals surface area contributed by atoms with E-state index in [4.69, 9.17) is 4.74 Å².